The van der Waals surface area contributed by atoms with Crippen LogP contribution in [-0.4, -0.2) is 11.7 Å². The van der Waals surface area contributed by atoms with Crippen LogP contribution in [0.2, 0.25) is 0 Å². The minimum absolute atomic E-state index is 0.203. The summed E-state index contributed by atoms with van der Waals surface area (Å²) in [6.45, 7) is 1.67. The van der Waals surface area contributed by atoms with Gasteiger partial charge < -0.3 is 11.1 Å². The molecule has 2 aromatic carbocycles. The van der Waals surface area contributed by atoms with E-state index in [1.165, 1.54) is 17.8 Å². The number of carbonyl (C=O) groups is 1. The Morgan fingerprint density at radius 2 is 2.10 bits per heavy atom. The molecule has 6 heteroatoms. The highest BCUT2D eigenvalue weighted by Crippen LogP contribution is 2.27. The van der Waals surface area contributed by atoms with E-state index in [1.807, 2.05) is 12.1 Å². The fourth-order valence-corrected chi connectivity index (χ4v) is 2.79. The number of amides is 1. The van der Waals surface area contributed by atoms with E-state index in [9.17, 15) is 9.18 Å². The van der Waals surface area contributed by atoms with Crippen LogP contribution in [0.15, 0.2) is 45.8 Å². The van der Waals surface area contributed by atoms with Crippen molar-refractivity contribution in [1.82, 2.24) is 0 Å². The number of benzene rings is 2. The van der Waals surface area contributed by atoms with Gasteiger partial charge in [-0.25, -0.2) is 4.39 Å². The van der Waals surface area contributed by atoms with E-state index in [2.05, 4.69) is 21.2 Å². The van der Waals surface area contributed by atoms with Crippen molar-refractivity contribution in [2.45, 2.75) is 11.8 Å². The highest BCUT2D eigenvalue weighted by Gasteiger charge is 2.07. The van der Waals surface area contributed by atoms with Gasteiger partial charge in [-0.05, 0) is 42.8 Å². The predicted octanol–water partition coefficient (Wildman–Crippen LogP) is 4.21. The highest BCUT2D eigenvalue weighted by atomic mass is 79.9. The normalized spacial score (nSPS) is 10.4. The van der Waals surface area contributed by atoms with Crippen LogP contribution in [0.4, 0.5) is 15.8 Å². The predicted molar refractivity (Wildman–Crippen MR) is 89.0 cm³/mol. The second kappa shape index (κ2) is 6.95. The summed E-state index contributed by atoms with van der Waals surface area (Å²) >= 11 is 4.67. The molecule has 0 bridgehead atoms. The number of nitrogen functional groups attached to an aromatic ring is 1. The monoisotopic (exact) mass is 368 g/mol. The first kappa shape index (κ1) is 15.9. The summed E-state index contributed by atoms with van der Waals surface area (Å²) < 4.78 is 14.3. The number of rotatable bonds is 4. The van der Waals surface area contributed by atoms with Crippen LogP contribution in [0.1, 0.15) is 5.56 Å². The Kier molecular flexibility index (Phi) is 5.25. The van der Waals surface area contributed by atoms with Gasteiger partial charge in [0.2, 0.25) is 5.91 Å². The Balaban J connectivity index is 1.94. The van der Waals surface area contributed by atoms with Gasteiger partial charge >= 0.3 is 0 Å². The first-order valence-corrected chi connectivity index (χ1v) is 7.97. The quantitative estimate of drug-likeness (QED) is 0.627. The molecule has 3 N–H and O–H groups in total. The number of aryl methyl sites for hydroxylation is 1. The number of carbonyl (C=O) groups excluding carboxylic acids is 1. The van der Waals surface area contributed by atoms with Crippen molar-refractivity contribution in [3.8, 4) is 0 Å². The van der Waals surface area contributed by atoms with Gasteiger partial charge in [-0.15, -0.1) is 11.8 Å². The van der Waals surface area contributed by atoms with E-state index in [4.69, 9.17) is 5.73 Å². The van der Waals surface area contributed by atoms with Crippen LogP contribution < -0.4 is 11.1 Å². The van der Waals surface area contributed by atoms with E-state index in [-0.39, 0.29) is 17.5 Å². The van der Waals surface area contributed by atoms with Gasteiger partial charge in [0, 0.05) is 20.7 Å². The fourth-order valence-electron chi connectivity index (χ4n) is 1.66. The summed E-state index contributed by atoms with van der Waals surface area (Å²) in [6, 6.07) is 10.1. The maximum atomic E-state index is 13.4. The van der Waals surface area contributed by atoms with Gasteiger partial charge in [-0.3, -0.25) is 4.79 Å². The van der Waals surface area contributed by atoms with Crippen molar-refractivity contribution in [1.29, 1.82) is 0 Å². The van der Waals surface area contributed by atoms with Crippen LogP contribution in [0.5, 0.6) is 0 Å². The van der Waals surface area contributed by atoms with Crippen molar-refractivity contribution in [2.24, 2.45) is 0 Å². The van der Waals surface area contributed by atoms with Crippen LogP contribution in [0, 0.1) is 12.7 Å². The summed E-state index contributed by atoms with van der Waals surface area (Å²) in [7, 11) is 0. The summed E-state index contributed by atoms with van der Waals surface area (Å²) in [6.07, 6.45) is 0. The van der Waals surface area contributed by atoms with Crippen molar-refractivity contribution in [3.63, 3.8) is 0 Å². The van der Waals surface area contributed by atoms with Gasteiger partial charge in [0.25, 0.3) is 0 Å². The molecule has 0 aliphatic heterocycles. The molecule has 0 aliphatic carbocycles. The summed E-state index contributed by atoms with van der Waals surface area (Å²) in [4.78, 5) is 12.7. The number of thioether (sulfide) groups is 1. The molecule has 0 aromatic heterocycles. The Labute approximate surface area is 135 Å². The van der Waals surface area contributed by atoms with E-state index in [1.54, 1.807) is 25.1 Å². The molecule has 0 fully saturated rings. The van der Waals surface area contributed by atoms with Gasteiger partial charge in [0.1, 0.15) is 5.82 Å². The smallest absolute Gasteiger partial charge is 0.234 e. The third kappa shape index (κ3) is 4.47. The molecular weight excluding hydrogens is 355 g/mol. The molecule has 0 radical (unpaired) electrons. The molecule has 0 atom stereocenters. The summed E-state index contributed by atoms with van der Waals surface area (Å²) in [5.41, 5.74) is 7.48. The van der Waals surface area contributed by atoms with Crippen molar-refractivity contribution in [2.75, 3.05) is 16.8 Å². The topological polar surface area (TPSA) is 55.1 Å². The third-order valence-electron chi connectivity index (χ3n) is 2.79. The first-order valence-electron chi connectivity index (χ1n) is 6.19. The third-order valence-corrected chi connectivity index (χ3v) is 4.37. The minimum atomic E-state index is -0.336. The van der Waals surface area contributed by atoms with Gasteiger partial charge in [0.15, 0.2) is 0 Å². The highest BCUT2D eigenvalue weighted by molar-refractivity contribution is 9.10. The van der Waals surface area contributed by atoms with Gasteiger partial charge in [0.05, 0.1) is 5.75 Å². The average molecular weight is 369 g/mol. The van der Waals surface area contributed by atoms with E-state index in [0.717, 1.165) is 9.37 Å². The molecule has 1 amide bonds. The molecule has 0 heterocycles. The maximum Gasteiger partial charge on any atom is 0.234 e. The Hall–Kier alpha value is -1.53. The van der Waals surface area contributed by atoms with Crippen molar-refractivity contribution >= 4 is 45.0 Å². The molecule has 2 aromatic rings. The lowest BCUT2D eigenvalue weighted by Crippen LogP contribution is -2.14. The lowest BCUT2D eigenvalue weighted by atomic mass is 10.2. The number of halogens is 2. The Bertz CT molecular complexity index is 679. The molecule has 110 valence electrons. The Morgan fingerprint density at radius 3 is 2.76 bits per heavy atom. The molecule has 3 nitrogen and oxygen atoms in total. The summed E-state index contributed by atoms with van der Waals surface area (Å²) in [5.74, 6) is -0.329. The molecule has 0 saturated heterocycles. The summed E-state index contributed by atoms with van der Waals surface area (Å²) in [5, 5.41) is 2.66. The molecule has 21 heavy (non-hydrogen) atoms. The zero-order valence-electron chi connectivity index (χ0n) is 11.3. The van der Waals surface area contributed by atoms with Crippen molar-refractivity contribution < 1.29 is 9.18 Å². The van der Waals surface area contributed by atoms with Crippen molar-refractivity contribution in [3.05, 3.63) is 52.3 Å². The standard InChI is InChI=1S/C15H14BrFN2OS/c1-9-2-4-11(7-12(9)17)19-15(20)8-21-14-5-3-10(16)6-13(14)18/h2-7H,8,18H2,1H3,(H,19,20). The number of hydrogen-bond acceptors (Lipinski definition) is 3. The number of nitrogens with one attached hydrogen (secondary N) is 1. The van der Waals surface area contributed by atoms with Gasteiger partial charge in [-0.1, -0.05) is 22.0 Å². The molecule has 0 unspecified atom stereocenters. The lowest BCUT2D eigenvalue weighted by Gasteiger charge is -2.08. The van der Waals surface area contributed by atoms with Crippen LogP contribution in [0.25, 0.3) is 0 Å². The average Bonchev–Trinajstić information content (AvgIpc) is 2.42. The first-order chi connectivity index (χ1) is 9.95. The molecule has 2 rings (SSSR count). The number of hydrogen-bond donors (Lipinski definition) is 2. The van der Waals surface area contributed by atoms with E-state index >= 15 is 0 Å². The fraction of sp³-hybridized carbons (Fsp3) is 0.133. The molecular formula is C15H14BrFN2OS. The number of nitrogens with two attached hydrogens (primary N) is 1. The van der Waals surface area contributed by atoms with Gasteiger partial charge in [-0.2, -0.15) is 0 Å². The Morgan fingerprint density at radius 1 is 1.33 bits per heavy atom. The zero-order valence-corrected chi connectivity index (χ0v) is 13.7. The SMILES string of the molecule is Cc1ccc(NC(=O)CSc2ccc(Br)cc2N)cc1F. The van der Waals surface area contributed by atoms with E-state index in [0.29, 0.717) is 16.9 Å². The second-order valence-corrected chi connectivity index (χ2v) is 6.42. The van der Waals surface area contributed by atoms with Crippen LogP contribution >= 0.6 is 27.7 Å². The second-order valence-electron chi connectivity index (χ2n) is 4.48. The molecule has 0 spiro atoms. The minimum Gasteiger partial charge on any atom is -0.398 e. The molecule has 0 aliphatic rings. The van der Waals surface area contributed by atoms with E-state index < -0.39 is 0 Å². The largest absolute Gasteiger partial charge is 0.398 e. The zero-order chi connectivity index (χ0) is 15.4. The lowest BCUT2D eigenvalue weighted by molar-refractivity contribution is -0.113. The molecule has 0 saturated carbocycles. The maximum absolute atomic E-state index is 13.4. The number of anilines is 2. The van der Waals surface area contributed by atoms with Crippen LogP contribution in [0.3, 0.4) is 0 Å². The van der Waals surface area contributed by atoms with Crippen LogP contribution in [-0.2, 0) is 4.79 Å².